The minimum Gasteiger partial charge on any atom is -0.373 e. The van der Waals surface area contributed by atoms with E-state index in [1.54, 1.807) is 0 Å². The Bertz CT molecular complexity index is 569. The van der Waals surface area contributed by atoms with Gasteiger partial charge in [-0.25, -0.2) is 0 Å². The van der Waals surface area contributed by atoms with E-state index in [0.29, 0.717) is 0 Å². The summed E-state index contributed by atoms with van der Waals surface area (Å²) in [6.07, 6.45) is 3.45. The zero-order valence-corrected chi connectivity index (χ0v) is 12.8. The molecular formula is C20H22O. The van der Waals surface area contributed by atoms with Crippen LogP contribution in [-0.4, -0.2) is 12.7 Å². The number of allylic oxidation sites excluding steroid dienone is 1. The average Bonchev–Trinajstić information content (AvgIpc) is 2.93. The number of hydrogen-bond donors (Lipinski definition) is 0. The molecule has 108 valence electrons. The first-order chi connectivity index (χ1) is 10.2. The van der Waals surface area contributed by atoms with Gasteiger partial charge < -0.3 is 4.74 Å². The van der Waals surface area contributed by atoms with E-state index in [-0.39, 0.29) is 11.5 Å². The van der Waals surface area contributed by atoms with Crippen LogP contribution in [0.2, 0.25) is 0 Å². The van der Waals surface area contributed by atoms with Crippen molar-refractivity contribution in [3.8, 4) is 0 Å². The van der Waals surface area contributed by atoms with Crippen molar-refractivity contribution in [1.29, 1.82) is 0 Å². The lowest BCUT2D eigenvalue weighted by atomic mass is 9.73. The average molecular weight is 278 g/mol. The molecule has 21 heavy (non-hydrogen) atoms. The Balaban J connectivity index is 2.04. The molecule has 0 amide bonds. The molecule has 0 radical (unpaired) electrons. The lowest BCUT2D eigenvalue weighted by Crippen LogP contribution is -2.28. The van der Waals surface area contributed by atoms with Gasteiger partial charge in [0, 0.05) is 5.41 Å². The summed E-state index contributed by atoms with van der Waals surface area (Å²) < 4.78 is 6.11. The molecule has 1 atom stereocenters. The molecule has 0 saturated carbocycles. The van der Waals surface area contributed by atoms with Crippen molar-refractivity contribution in [2.75, 3.05) is 6.61 Å². The summed E-state index contributed by atoms with van der Waals surface area (Å²) in [5.74, 6) is 0. The van der Waals surface area contributed by atoms with Crippen molar-refractivity contribution in [2.24, 2.45) is 0 Å². The molecule has 0 N–H and O–H groups in total. The molecule has 0 bridgehead atoms. The van der Waals surface area contributed by atoms with Gasteiger partial charge in [-0.15, -0.1) is 0 Å². The van der Waals surface area contributed by atoms with E-state index in [1.165, 1.54) is 16.7 Å². The van der Waals surface area contributed by atoms with Gasteiger partial charge in [-0.3, -0.25) is 0 Å². The predicted octanol–water partition coefficient (Wildman–Crippen LogP) is 4.73. The van der Waals surface area contributed by atoms with Gasteiger partial charge in [0.2, 0.25) is 0 Å². The Morgan fingerprint density at radius 3 is 1.95 bits per heavy atom. The van der Waals surface area contributed by atoms with Gasteiger partial charge in [-0.1, -0.05) is 72.3 Å². The fourth-order valence-electron chi connectivity index (χ4n) is 3.27. The molecule has 3 rings (SSSR count). The van der Waals surface area contributed by atoms with Crippen LogP contribution in [0.3, 0.4) is 0 Å². The Kier molecular flexibility index (Phi) is 3.94. The van der Waals surface area contributed by atoms with Crippen LogP contribution in [0.4, 0.5) is 0 Å². The summed E-state index contributed by atoms with van der Waals surface area (Å²) >= 11 is 0. The number of hydrogen-bond acceptors (Lipinski definition) is 1. The molecular weight excluding hydrogens is 256 g/mol. The van der Waals surface area contributed by atoms with Crippen molar-refractivity contribution in [2.45, 2.75) is 31.8 Å². The van der Waals surface area contributed by atoms with Gasteiger partial charge in [-0.05, 0) is 31.4 Å². The second kappa shape index (κ2) is 5.87. The molecule has 2 aromatic carbocycles. The minimum absolute atomic E-state index is 0.0286. The highest BCUT2D eigenvalue weighted by Crippen LogP contribution is 2.42. The smallest absolute Gasteiger partial charge is 0.0771 e. The van der Waals surface area contributed by atoms with Gasteiger partial charge in [0.25, 0.3) is 0 Å². The van der Waals surface area contributed by atoms with Crippen LogP contribution in [0, 0.1) is 0 Å². The van der Waals surface area contributed by atoms with E-state index in [1.807, 2.05) is 0 Å². The first-order valence-corrected chi connectivity index (χ1v) is 7.58. The fraction of sp³-hybridized carbons (Fsp3) is 0.300. The highest BCUT2D eigenvalue weighted by molar-refractivity contribution is 5.41. The van der Waals surface area contributed by atoms with Crippen LogP contribution in [-0.2, 0) is 10.2 Å². The molecule has 1 heterocycles. The van der Waals surface area contributed by atoms with Gasteiger partial charge in [0.15, 0.2) is 0 Å². The SMILES string of the molecule is CC(C)=CC1CC(c2ccccc2)(c2ccccc2)CO1. The van der Waals surface area contributed by atoms with E-state index in [9.17, 15) is 0 Å². The lowest BCUT2D eigenvalue weighted by molar-refractivity contribution is 0.137. The van der Waals surface area contributed by atoms with Gasteiger partial charge in [0.05, 0.1) is 12.7 Å². The molecule has 1 nitrogen and oxygen atoms in total. The minimum atomic E-state index is -0.0286. The fourth-order valence-corrected chi connectivity index (χ4v) is 3.27. The number of benzene rings is 2. The monoisotopic (exact) mass is 278 g/mol. The summed E-state index contributed by atoms with van der Waals surface area (Å²) in [5, 5.41) is 0. The standard InChI is InChI=1S/C20H22O/c1-16(2)13-19-14-20(15-21-19,17-9-5-3-6-10-17)18-11-7-4-8-12-18/h3-13,19H,14-15H2,1-2H3. The van der Waals surface area contributed by atoms with Crippen molar-refractivity contribution >= 4 is 0 Å². The van der Waals surface area contributed by atoms with Crippen molar-refractivity contribution < 1.29 is 4.74 Å². The topological polar surface area (TPSA) is 9.23 Å². The molecule has 0 aromatic heterocycles. The highest BCUT2D eigenvalue weighted by Gasteiger charge is 2.42. The van der Waals surface area contributed by atoms with Gasteiger partial charge in [-0.2, -0.15) is 0 Å². The first kappa shape index (κ1) is 14.1. The quantitative estimate of drug-likeness (QED) is 0.738. The number of rotatable bonds is 3. The maximum absolute atomic E-state index is 6.11. The molecule has 0 spiro atoms. The second-order valence-corrected chi connectivity index (χ2v) is 6.11. The Morgan fingerprint density at radius 1 is 0.952 bits per heavy atom. The zero-order valence-electron chi connectivity index (χ0n) is 12.8. The second-order valence-electron chi connectivity index (χ2n) is 6.11. The normalized spacial score (nSPS) is 20.2. The number of ether oxygens (including phenoxy) is 1. The van der Waals surface area contributed by atoms with Gasteiger partial charge in [0.1, 0.15) is 0 Å². The Morgan fingerprint density at radius 2 is 1.48 bits per heavy atom. The summed E-state index contributed by atoms with van der Waals surface area (Å²) in [6, 6.07) is 21.5. The molecule has 0 aliphatic carbocycles. The maximum atomic E-state index is 6.11. The third-order valence-electron chi connectivity index (χ3n) is 4.27. The van der Waals surface area contributed by atoms with Crippen molar-refractivity contribution in [3.05, 3.63) is 83.4 Å². The molecule has 1 fully saturated rings. The van der Waals surface area contributed by atoms with E-state index in [2.05, 4.69) is 80.6 Å². The van der Waals surface area contributed by atoms with Crippen LogP contribution >= 0.6 is 0 Å². The predicted molar refractivity (Wildman–Crippen MR) is 87.5 cm³/mol. The maximum Gasteiger partial charge on any atom is 0.0771 e. The molecule has 2 aromatic rings. The largest absolute Gasteiger partial charge is 0.373 e. The summed E-state index contributed by atoms with van der Waals surface area (Å²) in [6.45, 7) is 5.01. The van der Waals surface area contributed by atoms with E-state index in [0.717, 1.165) is 13.0 Å². The molecule has 1 saturated heterocycles. The summed E-state index contributed by atoms with van der Waals surface area (Å²) in [7, 11) is 0. The Hall–Kier alpha value is -1.86. The highest BCUT2D eigenvalue weighted by atomic mass is 16.5. The van der Waals surface area contributed by atoms with Gasteiger partial charge >= 0.3 is 0 Å². The van der Waals surface area contributed by atoms with Crippen molar-refractivity contribution in [3.63, 3.8) is 0 Å². The van der Waals surface area contributed by atoms with Crippen LogP contribution < -0.4 is 0 Å². The first-order valence-electron chi connectivity index (χ1n) is 7.58. The molecule has 1 unspecified atom stereocenters. The van der Waals surface area contributed by atoms with Crippen molar-refractivity contribution in [1.82, 2.24) is 0 Å². The molecule has 1 aliphatic rings. The summed E-state index contributed by atoms with van der Waals surface area (Å²) in [5.41, 5.74) is 3.98. The molecule has 1 aliphatic heterocycles. The van der Waals surface area contributed by atoms with Crippen LogP contribution in [0.5, 0.6) is 0 Å². The van der Waals surface area contributed by atoms with E-state index < -0.39 is 0 Å². The Labute approximate surface area is 127 Å². The lowest BCUT2D eigenvalue weighted by Gasteiger charge is -2.29. The van der Waals surface area contributed by atoms with Crippen LogP contribution in [0.25, 0.3) is 0 Å². The van der Waals surface area contributed by atoms with E-state index >= 15 is 0 Å². The van der Waals surface area contributed by atoms with E-state index in [4.69, 9.17) is 4.74 Å². The molecule has 1 heteroatoms. The third kappa shape index (κ3) is 2.79. The zero-order chi connectivity index (χ0) is 14.7. The van der Waals surface area contributed by atoms with Crippen LogP contribution in [0.15, 0.2) is 72.3 Å². The third-order valence-corrected chi connectivity index (χ3v) is 4.27. The summed E-state index contributed by atoms with van der Waals surface area (Å²) in [4.78, 5) is 0. The van der Waals surface area contributed by atoms with Crippen LogP contribution in [0.1, 0.15) is 31.4 Å².